The summed E-state index contributed by atoms with van der Waals surface area (Å²) in [6.45, 7) is 0.423. The molecule has 0 unspecified atom stereocenters. The summed E-state index contributed by atoms with van der Waals surface area (Å²) >= 11 is 6.06. The van der Waals surface area contributed by atoms with Gasteiger partial charge < -0.3 is 24.4 Å². The summed E-state index contributed by atoms with van der Waals surface area (Å²) in [6.07, 6.45) is 0.117. The molecule has 2 amide bonds. The summed E-state index contributed by atoms with van der Waals surface area (Å²) in [5.74, 6) is 0.896. The third kappa shape index (κ3) is 3.38. The van der Waals surface area contributed by atoms with Gasteiger partial charge in [0.05, 0.1) is 18.7 Å². The maximum Gasteiger partial charge on any atom is 0.231 e. The first-order valence-corrected chi connectivity index (χ1v) is 8.77. The summed E-state index contributed by atoms with van der Waals surface area (Å²) < 4.78 is 15.9. The van der Waals surface area contributed by atoms with Crippen molar-refractivity contribution in [1.29, 1.82) is 0 Å². The summed E-state index contributed by atoms with van der Waals surface area (Å²) in [6, 6.07) is 10.2. The van der Waals surface area contributed by atoms with Gasteiger partial charge in [0.15, 0.2) is 11.5 Å². The van der Waals surface area contributed by atoms with E-state index >= 15 is 0 Å². The molecule has 4 rings (SSSR count). The van der Waals surface area contributed by atoms with Crippen LogP contribution in [0.2, 0.25) is 5.02 Å². The van der Waals surface area contributed by atoms with Gasteiger partial charge in [0.1, 0.15) is 5.75 Å². The van der Waals surface area contributed by atoms with Gasteiger partial charge in [-0.2, -0.15) is 0 Å². The van der Waals surface area contributed by atoms with Gasteiger partial charge in [-0.3, -0.25) is 9.59 Å². The zero-order chi connectivity index (χ0) is 19.0. The molecule has 140 valence electrons. The molecular formula is C19H17ClN2O5. The summed E-state index contributed by atoms with van der Waals surface area (Å²) in [5, 5.41) is 3.33. The Balaban J connectivity index is 1.49. The molecule has 1 fully saturated rings. The van der Waals surface area contributed by atoms with Crippen molar-refractivity contribution in [3.8, 4) is 17.2 Å². The first kappa shape index (κ1) is 17.5. The topological polar surface area (TPSA) is 77.1 Å². The molecule has 0 aliphatic carbocycles. The van der Waals surface area contributed by atoms with Gasteiger partial charge in [-0.15, -0.1) is 0 Å². The number of hydrogen-bond acceptors (Lipinski definition) is 5. The van der Waals surface area contributed by atoms with Crippen LogP contribution in [0.25, 0.3) is 0 Å². The highest BCUT2D eigenvalue weighted by Gasteiger charge is 2.36. The fourth-order valence-corrected chi connectivity index (χ4v) is 3.38. The summed E-state index contributed by atoms with van der Waals surface area (Å²) in [7, 11) is 1.52. The minimum absolute atomic E-state index is 0.117. The molecule has 1 saturated heterocycles. The molecule has 7 nitrogen and oxygen atoms in total. The molecule has 0 spiro atoms. The quantitative estimate of drug-likeness (QED) is 0.871. The largest absolute Gasteiger partial charge is 0.495 e. The molecule has 2 aliphatic heterocycles. The van der Waals surface area contributed by atoms with Crippen LogP contribution in [0.3, 0.4) is 0 Å². The smallest absolute Gasteiger partial charge is 0.231 e. The standard InChI is InChI=1S/C19H17ClN2O5/c1-25-15-4-2-12(20)7-14(15)22-9-11(6-18(22)23)19(24)21-13-3-5-16-17(8-13)27-10-26-16/h2-5,7-8,11H,6,9-10H2,1H3,(H,21,24)/t11-/m1/s1. The van der Waals surface area contributed by atoms with E-state index in [9.17, 15) is 9.59 Å². The van der Waals surface area contributed by atoms with E-state index in [1.807, 2.05) is 0 Å². The highest BCUT2D eigenvalue weighted by Crippen LogP contribution is 2.36. The van der Waals surface area contributed by atoms with Crippen molar-refractivity contribution in [1.82, 2.24) is 0 Å². The molecular weight excluding hydrogens is 372 g/mol. The Bertz CT molecular complexity index is 917. The fourth-order valence-electron chi connectivity index (χ4n) is 3.21. The summed E-state index contributed by atoms with van der Waals surface area (Å²) in [5.41, 5.74) is 1.16. The number of halogens is 1. The number of carbonyl (C=O) groups excluding carboxylic acids is 2. The number of fused-ring (bicyclic) bond motifs is 1. The van der Waals surface area contributed by atoms with Gasteiger partial charge >= 0.3 is 0 Å². The molecule has 1 atom stereocenters. The van der Waals surface area contributed by atoms with Crippen molar-refractivity contribution in [2.45, 2.75) is 6.42 Å². The van der Waals surface area contributed by atoms with Crippen molar-refractivity contribution in [3.05, 3.63) is 41.4 Å². The van der Waals surface area contributed by atoms with Crippen molar-refractivity contribution in [2.24, 2.45) is 5.92 Å². The third-order valence-corrected chi connectivity index (χ3v) is 4.80. The molecule has 2 aliphatic rings. The van der Waals surface area contributed by atoms with Gasteiger partial charge in [-0.05, 0) is 30.3 Å². The van der Waals surface area contributed by atoms with E-state index in [0.29, 0.717) is 33.6 Å². The third-order valence-electron chi connectivity index (χ3n) is 4.57. The average Bonchev–Trinajstić information content (AvgIpc) is 3.27. The second-order valence-corrected chi connectivity index (χ2v) is 6.72. The van der Waals surface area contributed by atoms with E-state index in [4.69, 9.17) is 25.8 Å². The Morgan fingerprint density at radius 2 is 2.04 bits per heavy atom. The molecule has 8 heteroatoms. The molecule has 0 saturated carbocycles. The predicted octanol–water partition coefficient (Wildman–Crippen LogP) is 3.07. The Kier molecular flexibility index (Phi) is 4.53. The van der Waals surface area contributed by atoms with Crippen LogP contribution in [-0.4, -0.2) is 32.3 Å². The number of nitrogens with one attached hydrogen (secondary N) is 1. The van der Waals surface area contributed by atoms with Gasteiger partial charge in [-0.25, -0.2) is 0 Å². The Hall–Kier alpha value is -2.93. The zero-order valence-corrected chi connectivity index (χ0v) is 15.3. The van der Waals surface area contributed by atoms with Crippen LogP contribution in [0.4, 0.5) is 11.4 Å². The molecule has 2 heterocycles. The molecule has 0 aromatic heterocycles. The zero-order valence-electron chi connectivity index (χ0n) is 14.5. The number of anilines is 2. The number of rotatable bonds is 4. The SMILES string of the molecule is COc1ccc(Cl)cc1N1C[C@H](C(=O)Nc2ccc3c(c2)OCO3)CC1=O. The maximum atomic E-state index is 12.6. The Morgan fingerprint density at radius 1 is 1.22 bits per heavy atom. The molecule has 1 N–H and O–H groups in total. The van der Waals surface area contributed by atoms with Crippen molar-refractivity contribution < 1.29 is 23.8 Å². The second kappa shape index (κ2) is 7.00. The van der Waals surface area contributed by atoms with Crippen LogP contribution in [-0.2, 0) is 9.59 Å². The van der Waals surface area contributed by atoms with E-state index in [2.05, 4.69) is 5.32 Å². The van der Waals surface area contributed by atoms with Crippen LogP contribution in [0.5, 0.6) is 17.2 Å². The fraction of sp³-hybridized carbons (Fsp3) is 0.263. The van der Waals surface area contributed by atoms with Crippen LogP contribution < -0.4 is 24.4 Å². The lowest BCUT2D eigenvalue weighted by Gasteiger charge is -2.20. The number of benzene rings is 2. The minimum Gasteiger partial charge on any atom is -0.495 e. The van der Waals surface area contributed by atoms with E-state index in [0.717, 1.165) is 0 Å². The number of ether oxygens (including phenoxy) is 3. The van der Waals surface area contributed by atoms with Crippen LogP contribution in [0, 0.1) is 5.92 Å². The first-order chi connectivity index (χ1) is 13.0. The van der Waals surface area contributed by atoms with Gasteiger partial charge in [-0.1, -0.05) is 11.6 Å². The van der Waals surface area contributed by atoms with Crippen LogP contribution in [0.1, 0.15) is 6.42 Å². The Morgan fingerprint density at radius 3 is 2.85 bits per heavy atom. The number of amides is 2. The van der Waals surface area contributed by atoms with E-state index in [1.54, 1.807) is 36.4 Å². The molecule has 2 aromatic rings. The molecule has 0 radical (unpaired) electrons. The number of nitrogens with zero attached hydrogens (tertiary/aromatic N) is 1. The van der Waals surface area contributed by atoms with E-state index in [-0.39, 0.29) is 31.6 Å². The normalized spacial score (nSPS) is 17.9. The first-order valence-electron chi connectivity index (χ1n) is 8.39. The number of hydrogen-bond donors (Lipinski definition) is 1. The van der Waals surface area contributed by atoms with E-state index in [1.165, 1.54) is 12.0 Å². The predicted molar refractivity (Wildman–Crippen MR) is 99.7 cm³/mol. The summed E-state index contributed by atoms with van der Waals surface area (Å²) in [4.78, 5) is 26.7. The monoisotopic (exact) mass is 388 g/mol. The average molecular weight is 389 g/mol. The maximum absolute atomic E-state index is 12.6. The lowest BCUT2D eigenvalue weighted by Crippen LogP contribution is -2.28. The van der Waals surface area contributed by atoms with Crippen molar-refractivity contribution in [2.75, 3.05) is 30.7 Å². The van der Waals surface area contributed by atoms with Gasteiger partial charge in [0, 0.05) is 29.7 Å². The molecule has 27 heavy (non-hydrogen) atoms. The van der Waals surface area contributed by atoms with E-state index < -0.39 is 5.92 Å². The molecule has 2 aromatic carbocycles. The number of carbonyl (C=O) groups is 2. The Labute approximate surface area is 160 Å². The van der Waals surface area contributed by atoms with Gasteiger partial charge in [0.2, 0.25) is 18.6 Å². The van der Waals surface area contributed by atoms with Crippen molar-refractivity contribution in [3.63, 3.8) is 0 Å². The molecule has 0 bridgehead atoms. The van der Waals surface area contributed by atoms with Gasteiger partial charge in [0.25, 0.3) is 0 Å². The highest BCUT2D eigenvalue weighted by atomic mass is 35.5. The second-order valence-electron chi connectivity index (χ2n) is 6.28. The van der Waals surface area contributed by atoms with Crippen LogP contribution in [0.15, 0.2) is 36.4 Å². The lowest BCUT2D eigenvalue weighted by molar-refractivity contribution is -0.122. The lowest BCUT2D eigenvalue weighted by atomic mass is 10.1. The highest BCUT2D eigenvalue weighted by molar-refractivity contribution is 6.31. The van der Waals surface area contributed by atoms with Crippen LogP contribution >= 0.6 is 11.6 Å². The minimum atomic E-state index is -0.480. The number of methoxy groups -OCH3 is 1. The van der Waals surface area contributed by atoms with Crippen molar-refractivity contribution >= 4 is 34.8 Å².